The first-order valence-electron chi connectivity index (χ1n) is 6.07. The predicted molar refractivity (Wildman–Crippen MR) is 70.7 cm³/mol. The second-order valence-corrected chi connectivity index (χ2v) is 4.15. The summed E-state index contributed by atoms with van der Waals surface area (Å²) in [4.78, 5) is 11.0. The molecule has 0 bridgehead atoms. The lowest BCUT2D eigenvalue weighted by molar-refractivity contribution is 0.0689. The fourth-order valence-electron chi connectivity index (χ4n) is 1.98. The van der Waals surface area contributed by atoms with Gasteiger partial charge in [0.25, 0.3) is 0 Å². The van der Waals surface area contributed by atoms with E-state index in [1.165, 1.54) is 0 Å². The number of hydrogen-bond acceptors (Lipinski definition) is 3. The largest absolute Gasteiger partial charge is 0.496 e. The van der Waals surface area contributed by atoms with Crippen LogP contribution < -0.4 is 4.74 Å². The Morgan fingerprint density at radius 2 is 2.16 bits per heavy atom. The molecule has 0 aliphatic carbocycles. The van der Waals surface area contributed by atoms with Crippen molar-refractivity contribution >= 4 is 5.97 Å². The smallest absolute Gasteiger partial charge is 0.356 e. The minimum atomic E-state index is -1.01. The molecule has 0 aliphatic rings. The van der Waals surface area contributed by atoms with Gasteiger partial charge in [-0.3, -0.25) is 4.68 Å². The van der Waals surface area contributed by atoms with Gasteiger partial charge in [-0.2, -0.15) is 5.10 Å². The van der Waals surface area contributed by atoms with Crippen LogP contribution in [0.15, 0.2) is 30.3 Å². The molecule has 0 radical (unpaired) electrons. The standard InChI is InChI=1S/C14H16N2O3/c1-3-11-8-12(14(17)18)15-16(11)9-10-6-4-5-7-13(10)19-2/h4-8H,3,9H2,1-2H3,(H,17,18). The zero-order valence-corrected chi connectivity index (χ0v) is 11.0. The van der Waals surface area contributed by atoms with Crippen LogP contribution in [-0.4, -0.2) is 28.0 Å². The van der Waals surface area contributed by atoms with Crippen molar-refractivity contribution in [1.82, 2.24) is 9.78 Å². The number of nitrogens with zero attached hydrogens (tertiary/aromatic N) is 2. The molecule has 1 aromatic carbocycles. The van der Waals surface area contributed by atoms with Crippen LogP contribution >= 0.6 is 0 Å². The van der Waals surface area contributed by atoms with Crippen LogP contribution in [-0.2, 0) is 13.0 Å². The summed E-state index contributed by atoms with van der Waals surface area (Å²) in [6.45, 7) is 2.47. The van der Waals surface area contributed by atoms with Crippen molar-refractivity contribution in [2.75, 3.05) is 7.11 Å². The quantitative estimate of drug-likeness (QED) is 0.895. The van der Waals surface area contributed by atoms with E-state index in [1.54, 1.807) is 17.9 Å². The van der Waals surface area contributed by atoms with Crippen LogP contribution in [0.1, 0.15) is 28.7 Å². The van der Waals surface area contributed by atoms with Gasteiger partial charge in [-0.15, -0.1) is 0 Å². The summed E-state index contributed by atoms with van der Waals surface area (Å²) in [5.74, 6) is -0.231. The van der Waals surface area contributed by atoms with E-state index in [4.69, 9.17) is 9.84 Å². The van der Waals surface area contributed by atoms with Crippen LogP contribution in [0, 0.1) is 0 Å². The molecule has 1 heterocycles. The number of hydrogen-bond donors (Lipinski definition) is 1. The van der Waals surface area contributed by atoms with Crippen LogP contribution in [0.4, 0.5) is 0 Å². The van der Waals surface area contributed by atoms with E-state index in [2.05, 4.69) is 5.10 Å². The molecule has 5 heteroatoms. The molecule has 0 atom stereocenters. The summed E-state index contributed by atoms with van der Waals surface area (Å²) in [6.07, 6.45) is 0.732. The molecule has 2 aromatic rings. The Bertz CT molecular complexity index is 590. The van der Waals surface area contributed by atoms with Crippen LogP contribution in [0.3, 0.4) is 0 Å². The first-order chi connectivity index (χ1) is 9.15. The summed E-state index contributed by atoms with van der Waals surface area (Å²) in [6, 6.07) is 9.25. The van der Waals surface area contributed by atoms with E-state index >= 15 is 0 Å². The zero-order valence-electron chi connectivity index (χ0n) is 11.0. The maximum atomic E-state index is 11.0. The average Bonchev–Trinajstić information content (AvgIpc) is 2.82. The molecule has 19 heavy (non-hydrogen) atoms. The van der Waals surface area contributed by atoms with Gasteiger partial charge in [-0.05, 0) is 18.6 Å². The normalized spacial score (nSPS) is 10.4. The van der Waals surface area contributed by atoms with Gasteiger partial charge in [-0.1, -0.05) is 25.1 Å². The second-order valence-electron chi connectivity index (χ2n) is 4.15. The molecule has 0 aliphatic heterocycles. The lowest BCUT2D eigenvalue weighted by Crippen LogP contribution is -2.08. The summed E-state index contributed by atoms with van der Waals surface area (Å²) in [7, 11) is 1.62. The zero-order chi connectivity index (χ0) is 13.8. The molecular weight excluding hydrogens is 244 g/mol. The third-order valence-corrected chi connectivity index (χ3v) is 2.96. The van der Waals surface area contributed by atoms with E-state index in [0.29, 0.717) is 6.54 Å². The Balaban J connectivity index is 2.34. The lowest BCUT2D eigenvalue weighted by Gasteiger charge is -2.10. The van der Waals surface area contributed by atoms with E-state index in [1.807, 2.05) is 31.2 Å². The van der Waals surface area contributed by atoms with E-state index < -0.39 is 5.97 Å². The van der Waals surface area contributed by atoms with Gasteiger partial charge in [0, 0.05) is 11.3 Å². The fraction of sp³-hybridized carbons (Fsp3) is 0.286. The number of aromatic carboxylic acids is 1. The molecule has 2 rings (SSSR count). The number of carboxylic acids is 1. The molecule has 0 fully saturated rings. The van der Waals surface area contributed by atoms with E-state index in [-0.39, 0.29) is 5.69 Å². The number of methoxy groups -OCH3 is 1. The monoisotopic (exact) mass is 260 g/mol. The Kier molecular flexibility index (Phi) is 3.85. The van der Waals surface area contributed by atoms with E-state index in [9.17, 15) is 4.79 Å². The SMILES string of the molecule is CCc1cc(C(=O)O)nn1Cc1ccccc1OC. The molecule has 0 amide bonds. The minimum Gasteiger partial charge on any atom is -0.496 e. The number of ether oxygens (including phenoxy) is 1. The first kappa shape index (κ1) is 13.1. The number of benzene rings is 1. The predicted octanol–water partition coefficient (Wildman–Crippen LogP) is 2.20. The van der Waals surface area contributed by atoms with Crippen LogP contribution in [0.25, 0.3) is 0 Å². The van der Waals surface area contributed by atoms with Crippen molar-refractivity contribution < 1.29 is 14.6 Å². The first-order valence-corrected chi connectivity index (χ1v) is 6.07. The third-order valence-electron chi connectivity index (χ3n) is 2.96. The maximum absolute atomic E-state index is 11.0. The van der Waals surface area contributed by atoms with E-state index in [0.717, 1.165) is 23.4 Å². The molecule has 100 valence electrons. The highest BCUT2D eigenvalue weighted by atomic mass is 16.5. The highest BCUT2D eigenvalue weighted by Crippen LogP contribution is 2.19. The summed E-state index contributed by atoms with van der Waals surface area (Å²) in [5.41, 5.74) is 1.94. The van der Waals surface area contributed by atoms with Crippen molar-refractivity contribution in [3.8, 4) is 5.75 Å². The van der Waals surface area contributed by atoms with Crippen molar-refractivity contribution in [2.24, 2.45) is 0 Å². The van der Waals surface area contributed by atoms with Gasteiger partial charge in [0.05, 0.1) is 13.7 Å². The minimum absolute atomic E-state index is 0.0757. The molecule has 0 saturated heterocycles. The molecular formula is C14H16N2O3. The molecule has 0 saturated carbocycles. The van der Waals surface area contributed by atoms with Gasteiger partial charge in [-0.25, -0.2) is 4.79 Å². The topological polar surface area (TPSA) is 64.3 Å². The van der Waals surface area contributed by atoms with Gasteiger partial charge in [0.1, 0.15) is 5.75 Å². The highest BCUT2D eigenvalue weighted by Gasteiger charge is 2.13. The number of carbonyl (C=O) groups is 1. The van der Waals surface area contributed by atoms with Gasteiger partial charge >= 0.3 is 5.97 Å². The lowest BCUT2D eigenvalue weighted by atomic mass is 10.2. The summed E-state index contributed by atoms with van der Waals surface area (Å²) >= 11 is 0. The molecule has 5 nitrogen and oxygen atoms in total. The van der Waals surface area contributed by atoms with Gasteiger partial charge < -0.3 is 9.84 Å². The Morgan fingerprint density at radius 3 is 2.79 bits per heavy atom. The maximum Gasteiger partial charge on any atom is 0.356 e. The van der Waals surface area contributed by atoms with Crippen molar-refractivity contribution in [2.45, 2.75) is 19.9 Å². The molecule has 1 N–H and O–H groups in total. The Morgan fingerprint density at radius 1 is 1.42 bits per heavy atom. The van der Waals surface area contributed by atoms with Crippen LogP contribution in [0.5, 0.6) is 5.75 Å². The third kappa shape index (κ3) is 2.76. The molecule has 0 spiro atoms. The molecule has 1 aromatic heterocycles. The number of aryl methyl sites for hydroxylation is 1. The van der Waals surface area contributed by atoms with Crippen LogP contribution in [0.2, 0.25) is 0 Å². The molecule has 0 unspecified atom stereocenters. The Hall–Kier alpha value is -2.30. The number of carboxylic acid groups (broad SMARTS) is 1. The number of rotatable bonds is 5. The average molecular weight is 260 g/mol. The Labute approximate surface area is 111 Å². The number of aromatic nitrogens is 2. The fourth-order valence-corrected chi connectivity index (χ4v) is 1.98. The van der Waals surface area contributed by atoms with Crippen molar-refractivity contribution in [3.63, 3.8) is 0 Å². The second kappa shape index (κ2) is 5.56. The van der Waals surface area contributed by atoms with Crippen molar-refractivity contribution in [3.05, 3.63) is 47.3 Å². The number of para-hydroxylation sites is 1. The highest BCUT2D eigenvalue weighted by molar-refractivity contribution is 5.85. The van der Waals surface area contributed by atoms with Crippen molar-refractivity contribution in [1.29, 1.82) is 0 Å². The van der Waals surface area contributed by atoms with Gasteiger partial charge in [0.15, 0.2) is 5.69 Å². The van der Waals surface area contributed by atoms with Gasteiger partial charge in [0.2, 0.25) is 0 Å². The summed E-state index contributed by atoms with van der Waals surface area (Å²) in [5, 5.41) is 13.1. The summed E-state index contributed by atoms with van der Waals surface area (Å²) < 4.78 is 7.00.